The van der Waals surface area contributed by atoms with Crippen molar-refractivity contribution in [3.8, 4) is 29.1 Å². The highest BCUT2D eigenvalue weighted by atomic mass is 16.5. The standard InChI is InChI=1S/C50H59NO4/c1-28-19-37(20-29(2)44(28)36(9)52)48(10,11)40-25-34(7)47(35(8)26-40)54-42-17-16-18-43(41(42)27-51)55-50(14,15)45-30(3)21-38(22-31(45)4)49(12,13)39-23-32(5)46(53)33(6)24-39/h16-26,36,52-53H,1-15H3. The van der Waals surface area contributed by atoms with Crippen LogP contribution in [0.3, 0.4) is 0 Å². The number of phenols is 1. The van der Waals surface area contributed by atoms with Crippen LogP contribution in [0.15, 0.2) is 66.7 Å². The van der Waals surface area contributed by atoms with E-state index in [4.69, 9.17) is 9.47 Å². The van der Waals surface area contributed by atoms with Crippen LogP contribution in [0.5, 0.6) is 23.0 Å². The first kappa shape index (κ1) is 41.1. The molecular weight excluding hydrogens is 679 g/mol. The third-order valence-electron chi connectivity index (χ3n) is 11.7. The van der Waals surface area contributed by atoms with Crippen LogP contribution in [0.4, 0.5) is 0 Å². The molecule has 5 aromatic rings. The first-order chi connectivity index (χ1) is 25.5. The topological polar surface area (TPSA) is 82.7 Å². The van der Waals surface area contributed by atoms with Gasteiger partial charge in [-0.3, -0.25) is 0 Å². The number of aliphatic hydroxyl groups excluding tert-OH is 1. The van der Waals surface area contributed by atoms with Crippen LogP contribution in [0.1, 0.15) is 138 Å². The first-order valence-electron chi connectivity index (χ1n) is 19.3. The van der Waals surface area contributed by atoms with E-state index in [0.717, 1.165) is 66.8 Å². The summed E-state index contributed by atoms with van der Waals surface area (Å²) in [7, 11) is 0. The number of phenolic OH excluding ortho intramolecular Hbond substituents is 1. The Morgan fingerprint density at radius 3 is 1.38 bits per heavy atom. The molecule has 5 aromatic carbocycles. The van der Waals surface area contributed by atoms with Gasteiger partial charge in [0.2, 0.25) is 0 Å². The average molecular weight is 738 g/mol. The van der Waals surface area contributed by atoms with Crippen molar-refractivity contribution in [1.29, 1.82) is 5.26 Å². The van der Waals surface area contributed by atoms with E-state index in [2.05, 4.69) is 110 Å². The molecule has 55 heavy (non-hydrogen) atoms. The summed E-state index contributed by atoms with van der Waals surface area (Å²) in [6, 6.07) is 25.3. The fraction of sp³-hybridized carbons (Fsp3) is 0.380. The van der Waals surface area contributed by atoms with Gasteiger partial charge in [-0.1, -0.05) is 82.3 Å². The van der Waals surface area contributed by atoms with Crippen LogP contribution in [0, 0.1) is 66.7 Å². The van der Waals surface area contributed by atoms with Crippen molar-refractivity contribution < 1.29 is 19.7 Å². The third-order valence-corrected chi connectivity index (χ3v) is 11.7. The first-order valence-corrected chi connectivity index (χ1v) is 19.3. The van der Waals surface area contributed by atoms with E-state index in [1.165, 1.54) is 11.1 Å². The van der Waals surface area contributed by atoms with Gasteiger partial charge in [0.25, 0.3) is 0 Å². The third kappa shape index (κ3) is 7.76. The summed E-state index contributed by atoms with van der Waals surface area (Å²) in [6.45, 7) is 31.1. The minimum absolute atomic E-state index is 0.297. The van der Waals surface area contributed by atoms with Crippen LogP contribution >= 0.6 is 0 Å². The summed E-state index contributed by atoms with van der Waals surface area (Å²) in [5.41, 5.74) is 13.8. The smallest absolute Gasteiger partial charge is 0.149 e. The molecule has 0 heterocycles. The normalized spacial score (nSPS) is 12.7. The SMILES string of the molecule is Cc1cc(C(C)(C)c2cc(C)c(C(C)(C)Oc3cccc(Oc4c(C)cc(C(C)(C)c5cc(C)c(C(C)O)c(C)c5)cc4C)c3C#N)c(C)c2)cc(C)c1O. The maximum atomic E-state index is 10.5. The molecule has 0 spiro atoms. The zero-order valence-electron chi connectivity index (χ0n) is 35.6. The van der Waals surface area contributed by atoms with E-state index in [0.29, 0.717) is 28.6 Å². The molecule has 1 atom stereocenters. The Morgan fingerprint density at radius 2 is 0.964 bits per heavy atom. The summed E-state index contributed by atoms with van der Waals surface area (Å²) in [4.78, 5) is 0. The van der Waals surface area contributed by atoms with Gasteiger partial charge < -0.3 is 19.7 Å². The molecule has 0 aromatic heterocycles. The molecule has 0 radical (unpaired) electrons. The minimum atomic E-state index is -0.768. The van der Waals surface area contributed by atoms with Crippen molar-refractivity contribution in [2.24, 2.45) is 0 Å². The van der Waals surface area contributed by atoms with Crippen molar-refractivity contribution >= 4 is 0 Å². The molecule has 0 aliphatic carbocycles. The number of hydrogen-bond acceptors (Lipinski definition) is 5. The number of nitriles is 1. The lowest BCUT2D eigenvalue weighted by Crippen LogP contribution is -2.29. The molecule has 5 rings (SSSR count). The van der Waals surface area contributed by atoms with Gasteiger partial charge in [0, 0.05) is 16.4 Å². The van der Waals surface area contributed by atoms with Crippen LogP contribution in [-0.2, 0) is 16.4 Å². The van der Waals surface area contributed by atoms with E-state index in [1.54, 1.807) is 0 Å². The summed E-state index contributed by atoms with van der Waals surface area (Å²) in [5.74, 6) is 1.96. The van der Waals surface area contributed by atoms with Gasteiger partial charge in [0.15, 0.2) is 0 Å². The number of ether oxygens (including phenoxy) is 2. The Morgan fingerprint density at radius 1 is 0.582 bits per heavy atom. The molecule has 0 saturated carbocycles. The lowest BCUT2D eigenvalue weighted by molar-refractivity contribution is 0.106. The molecule has 5 heteroatoms. The number of aliphatic hydroxyl groups is 1. The van der Waals surface area contributed by atoms with Crippen LogP contribution in [-0.4, -0.2) is 10.2 Å². The van der Waals surface area contributed by atoms with Crippen LogP contribution in [0.25, 0.3) is 0 Å². The zero-order chi connectivity index (χ0) is 40.9. The Hall–Kier alpha value is -5.05. The molecule has 0 amide bonds. The molecule has 1 unspecified atom stereocenters. The maximum Gasteiger partial charge on any atom is 0.149 e. The fourth-order valence-electron chi connectivity index (χ4n) is 8.62. The molecule has 0 saturated heterocycles. The molecule has 0 aliphatic rings. The number of hydrogen-bond donors (Lipinski definition) is 2. The summed E-state index contributed by atoms with van der Waals surface area (Å²) in [5, 5.41) is 31.3. The van der Waals surface area contributed by atoms with Crippen LogP contribution < -0.4 is 9.47 Å². The lowest BCUT2D eigenvalue weighted by atomic mass is 9.74. The Labute approximate surface area is 329 Å². The fourth-order valence-corrected chi connectivity index (χ4v) is 8.62. The second kappa shape index (κ2) is 14.9. The highest BCUT2D eigenvalue weighted by molar-refractivity contribution is 5.58. The predicted molar refractivity (Wildman–Crippen MR) is 225 cm³/mol. The van der Waals surface area contributed by atoms with Gasteiger partial charge in [-0.25, -0.2) is 0 Å². The van der Waals surface area contributed by atoms with E-state index in [9.17, 15) is 15.5 Å². The minimum Gasteiger partial charge on any atom is -0.507 e. The highest BCUT2D eigenvalue weighted by Crippen LogP contribution is 2.43. The summed E-state index contributed by atoms with van der Waals surface area (Å²) >= 11 is 0. The van der Waals surface area contributed by atoms with Gasteiger partial charge in [-0.2, -0.15) is 5.26 Å². The molecule has 0 aliphatic heterocycles. The molecule has 288 valence electrons. The molecule has 0 fully saturated rings. The lowest BCUT2D eigenvalue weighted by Gasteiger charge is -2.33. The number of benzene rings is 5. The van der Waals surface area contributed by atoms with Gasteiger partial charge in [-0.05, 0) is 161 Å². The monoisotopic (exact) mass is 737 g/mol. The Bertz CT molecular complexity index is 2240. The summed E-state index contributed by atoms with van der Waals surface area (Å²) < 4.78 is 13.4. The second-order valence-corrected chi connectivity index (χ2v) is 17.3. The van der Waals surface area contributed by atoms with E-state index in [1.807, 2.05) is 66.7 Å². The van der Waals surface area contributed by atoms with Crippen LogP contribution in [0.2, 0.25) is 0 Å². The van der Waals surface area contributed by atoms with Crippen molar-refractivity contribution in [3.05, 3.63) is 150 Å². The van der Waals surface area contributed by atoms with Crippen molar-refractivity contribution in [2.75, 3.05) is 0 Å². The molecular formula is C50H59NO4. The maximum absolute atomic E-state index is 10.5. The van der Waals surface area contributed by atoms with Crippen molar-refractivity contribution in [2.45, 2.75) is 126 Å². The van der Waals surface area contributed by atoms with E-state index < -0.39 is 11.7 Å². The predicted octanol–water partition coefficient (Wildman–Crippen LogP) is 12.5. The van der Waals surface area contributed by atoms with Crippen molar-refractivity contribution in [3.63, 3.8) is 0 Å². The van der Waals surface area contributed by atoms with Crippen molar-refractivity contribution in [1.82, 2.24) is 0 Å². The largest absolute Gasteiger partial charge is 0.507 e. The summed E-state index contributed by atoms with van der Waals surface area (Å²) in [6.07, 6.45) is -0.518. The molecule has 2 N–H and O–H groups in total. The van der Waals surface area contributed by atoms with Gasteiger partial charge in [-0.15, -0.1) is 0 Å². The average Bonchev–Trinajstić information content (AvgIpc) is 3.07. The van der Waals surface area contributed by atoms with E-state index >= 15 is 0 Å². The number of nitrogens with zero attached hydrogens (tertiary/aromatic N) is 1. The Balaban J connectivity index is 1.45. The second-order valence-electron chi connectivity index (χ2n) is 17.3. The van der Waals surface area contributed by atoms with Gasteiger partial charge in [0.05, 0.1) is 6.10 Å². The molecule has 5 nitrogen and oxygen atoms in total. The van der Waals surface area contributed by atoms with Gasteiger partial charge >= 0.3 is 0 Å². The zero-order valence-corrected chi connectivity index (χ0v) is 35.6. The highest BCUT2D eigenvalue weighted by Gasteiger charge is 2.32. The quantitative estimate of drug-likeness (QED) is 0.149. The number of aryl methyl sites for hydroxylation is 8. The number of aromatic hydroxyl groups is 1. The van der Waals surface area contributed by atoms with Gasteiger partial charge in [0.1, 0.15) is 40.2 Å². The Kier molecular flexibility index (Phi) is 11.1. The number of rotatable bonds is 10. The molecule has 0 bridgehead atoms. The van der Waals surface area contributed by atoms with E-state index in [-0.39, 0.29) is 10.8 Å².